The fraction of sp³-hybridized carbons (Fsp3) is 0.667. The summed E-state index contributed by atoms with van der Waals surface area (Å²) in [7, 11) is 0. The van der Waals surface area contributed by atoms with E-state index in [-0.39, 0.29) is 19.6 Å². The first kappa shape index (κ1) is 11.5. The third-order valence-electron chi connectivity index (χ3n) is 2.15. The number of carbonyl (C=O) groups excluding carboxylic acids is 1. The smallest absolute Gasteiger partial charge is 0.307 e. The molecule has 0 spiro atoms. The lowest BCUT2D eigenvalue weighted by Crippen LogP contribution is -2.32. The van der Waals surface area contributed by atoms with Crippen LogP contribution in [-0.2, 0) is 14.3 Å². The Labute approximate surface area is 86.8 Å². The predicted octanol–water partition coefficient (Wildman–Crippen LogP) is -0.00232. The van der Waals surface area contributed by atoms with E-state index in [4.69, 9.17) is 15.1 Å². The Kier molecular flexibility index (Phi) is 3.63. The maximum atomic E-state index is 10.9. The van der Waals surface area contributed by atoms with Crippen molar-refractivity contribution >= 4 is 11.9 Å². The van der Waals surface area contributed by atoms with E-state index in [1.54, 1.807) is 0 Å². The molecule has 0 aromatic heterocycles. The molecule has 1 fully saturated rings. The van der Waals surface area contributed by atoms with Crippen LogP contribution >= 0.6 is 0 Å². The first-order valence-corrected chi connectivity index (χ1v) is 4.62. The van der Waals surface area contributed by atoms with Gasteiger partial charge in [0.15, 0.2) is 0 Å². The van der Waals surface area contributed by atoms with Gasteiger partial charge in [-0.3, -0.25) is 14.9 Å². The molecule has 1 saturated carbocycles. The summed E-state index contributed by atoms with van der Waals surface area (Å²) in [5.41, 5.74) is -0.521. The number of hydrogen-bond acceptors (Lipinski definition) is 5. The quantitative estimate of drug-likeness (QED) is 0.474. The molecule has 0 aromatic carbocycles. The number of nitrogens with one attached hydrogen (secondary N) is 1. The number of hydrogen-bond donors (Lipinski definition) is 2. The van der Waals surface area contributed by atoms with E-state index in [2.05, 4.69) is 11.4 Å². The molecule has 82 valence electrons. The minimum Gasteiger partial charge on any atom is -0.481 e. The van der Waals surface area contributed by atoms with Gasteiger partial charge in [0.2, 0.25) is 0 Å². The zero-order chi connectivity index (χ0) is 11.3. The van der Waals surface area contributed by atoms with Crippen molar-refractivity contribution in [1.29, 1.82) is 5.26 Å². The van der Waals surface area contributed by atoms with Crippen LogP contribution < -0.4 is 5.32 Å². The standard InChI is InChI=1S/C9H12N2O4/c10-5-9(3-4-9)11-6-15-8(14)2-1-7(12)13/h11H,1-4,6H2,(H,12,13). The Hall–Kier alpha value is -1.61. The molecule has 15 heavy (non-hydrogen) atoms. The van der Waals surface area contributed by atoms with E-state index in [1.165, 1.54) is 0 Å². The Morgan fingerprint density at radius 3 is 2.60 bits per heavy atom. The Balaban J connectivity index is 2.08. The first-order chi connectivity index (χ1) is 7.08. The lowest BCUT2D eigenvalue weighted by molar-refractivity contribution is -0.148. The van der Waals surface area contributed by atoms with E-state index in [9.17, 15) is 9.59 Å². The van der Waals surface area contributed by atoms with Crippen LogP contribution in [0.25, 0.3) is 0 Å². The lowest BCUT2D eigenvalue weighted by atomic mass is 10.3. The van der Waals surface area contributed by atoms with Crippen molar-refractivity contribution in [1.82, 2.24) is 5.32 Å². The normalized spacial score (nSPS) is 16.5. The summed E-state index contributed by atoms with van der Waals surface area (Å²) in [5.74, 6) is -1.60. The van der Waals surface area contributed by atoms with Crippen LogP contribution in [0, 0.1) is 11.3 Å². The fourth-order valence-corrected chi connectivity index (χ4v) is 0.989. The first-order valence-electron chi connectivity index (χ1n) is 4.62. The molecule has 1 rings (SSSR count). The maximum Gasteiger partial charge on any atom is 0.307 e. The number of carboxylic acids is 1. The Morgan fingerprint density at radius 2 is 2.13 bits per heavy atom. The minimum atomic E-state index is -1.03. The van der Waals surface area contributed by atoms with Crippen molar-refractivity contribution in [2.75, 3.05) is 6.73 Å². The SMILES string of the molecule is N#CC1(NCOC(=O)CCC(=O)O)CC1. The molecule has 0 saturated heterocycles. The van der Waals surface area contributed by atoms with Gasteiger partial charge in [0.25, 0.3) is 0 Å². The number of nitriles is 1. The number of nitrogens with zero attached hydrogens (tertiary/aromatic N) is 1. The molecular formula is C9H12N2O4. The summed E-state index contributed by atoms with van der Waals surface area (Å²) in [6, 6.07) is 2.08. The minimum absolute atomic E-state index is 0.0357. The van der Waals surface area contributed by atoms with Gasteiger partial charge in [-0.05, 0) is 12.8 Å². The van der Waals surface area contributed by atoms with Crippen LogP contribution in [-0.4, -0.2) is 29.3 Å². The van der Waals surface area contributed by atoms with Gasteiger partial charge in [-0.2, -0.15) is 5.26 Å². The fourth-order valence-electron chi connectivity index (χ4n) is 0.989. The second-order valence-electron chi connectivity index (χ2n) is 3.43. The molecule has 0 aromatic rings. The van der Waals surface area contributed by atoms with Gasteiger partial charge in [0, 0.05) is 0 Å². The molecule has 0 unspecified atom stereocenters. The van der Waals surface area contributed by atoms with Crippen LogP contribution in [0.5, 0.6) is 0 Å². The molecule has 6 nitrogen and oxygen atoms in total. The number of esters is 1. The number of aliphatic carboxylic acids is 1. The van der Waals surface area contributed by atoms with E-state index in [0.717, 1.165) is 12.8 Å². The van der Waals surface area contributed by atoms with Crippen molar-refractivity contribution in [3.8, 4) is 6.07 Å². The predicted molar refractivity (Wildman–Crippen MR) is 48.5 cm³/mol. The van der Waals surface area contributed by atoms with Crippen LogP contribution in [0.4, 0.5) is 0 Å². The van der Waals surface area contributed by atoms with Crippen molar-refractivity contribution in [3.05, 3.63) is 0 Å². The largest absolute Gasteiger partial charge is 0.481 e. The average molecular weight is 212 g/mol. The highest BCUT2D eigenvalue weighted by atomic mass is 16.5. The van der Waals surface area contributed by atoms with Gasteiger partial charge in [-0.15, -0.1) is 0 Å². The van der Waals surface area contributed by atoms with Crippen LogP contribution in [0.1, 0.15) is 25.7 Å². The zero-order valence-corrected chi connectivity index (χ0v) is 8.15. The van der Waals surface area contributed by atoms with Gasteiger partial charge in [0.05, 0.1) is 18.9 Å². The zero-order valence-electron chi connectivity index (χ0n) is 8.15. The van der Waals surface area contributed by atoms with E-state index >= 15 is 0 Å². The van der Waals surface area contributed by atoms with Gasteiger partial charge in [-0.25, -0.2) is 0 Å². The van der Waals surface area contributed by atoms with Crippen LogP contribution in [0.2, 0.25) is 0 Å². The second kappa shape index (κ2) is 4.75. The molecular weight excluding hydrogens is 200 g/mol. The molecule has 0 heterocycles. The van der Waals surface area contributed by atoms with Crippen molar-refractivity contribution < 1.29 is 19.4 Å². The summed E-state index contributed by atoms with van der Waals surface area (Å²) in [4.78, 5) is 21.1. The summed E-state index contributed by atoms with van der Waals surface area (Å²) in [6.45, 7) is -0.0357. The molecule has 0 amide bonds. The molecule has 2 N–H and O–H groups in total. The molecule has 1 aliphatic rings. The highest BCUT2D eigenvalue weighted by molar-refractivity contribution is 5.76. The van der Waals surface area contributed by atoms with Gasteiger partial charge < -0.3 is 9.84 Å². The van der Waals surface area contributed by atoms with E-state index < -0.39 is 17.5 Å². The monoisotopic (exact) mass is 212 g/mol. The molecule has 0 bridgehead atoms. The van der Waals surface area contributed by atoms with Gasteiger partial charge >= 0.3 is 11.9 Å². The van der Waals surface area contributed by atoms with Gasteiger partial charge in [0.1, 0.15) is 12.3 Å². The summed E-state index contributed by atoms with van der Waals surface area (Å²) in [6.07, 6.45) is 1.14. The number of ether oxygens (including phenoxy) is 1. The summed E-state index contributed by atoms with van der Waals surface area (Å²) >= 11 is 0. The van der Waals surface area contributed by atoms with E-state index in [1.807, 2.05) is 0 Å². The van der Waals surface area contributed by atoms with Crippen LogP contribution in [0.3, 0.4) is 0 Å². The third kappa shape index (κ3) is 3.95. The number of carboxylic acid groups (broad SMARTS) is 1. The Bertz CT molecular complexity index is 304. The van der Waals surface area contributed by atoms with Crippen molar-refractivity contribution in [2.24, 2.45) is 0 Å². The molecule has 0 aliphatic heterocycles. The molecule has 1 aliphatic carbocycles. The van der Waals surface area contributed by atoms with Crippen molar-refractivity contribution in [3.63, 3.8) is 0 Å². The third-order valence-corrected chi connectivity index (χ3v) is 2.15. The van der Waals surface area contributed by atoms with Crippen molar-refractivity contribution in [2.45, 2.75) is 31.2 Å². The molecule has 6 heteroatoms. The Morgan fingerprint density at radius 1 is 1.47 bits per heavy atom. The summed E-state index contributed by atoms with van der Waals surface area (Å²) in [5, 5.41) is 19.8. The average Bonchev–Trinajstić information content (AvgIpc) is 2.96. The van der Waals surface area contributed by atoms with Crippen LogP contribution in [0.15, 0.2) is 0 Å². The van der Waals surface area contributed by atoms with Gasteiger partial charge in [-0.1, -0.05) is 0 Å². The highest BCUT2D eigenvalue weighted by Crippen LogP contribution is 2.33. The second-order valence-corrected chi connectivity index (χ2v) is 3.43. The topological polar surface area (TPSA) is 99.4 Å². The lowest BCUT2D eigenvalue weighted by Gasteiger charge is -2.08. The maximum absolute atomic E-state index is 10.9. The number of carbonyl (C=O) groups is 2. The van der Waals surface area contributed by atoms with E-state index in [0.29, 0.717) is 0 Å². The molecule has 0 atom stereocenters. The summed E-state index contributed by atoms with van der Waals surface area (Å²) < 4.78 is 4.71. The molecule has 0 radical (unpaired) electrons. The highest BCUT2D eigenvalue weighted by Gasteiger charge is 2.42. The number of rotatable bonds is 6.